The molecule has 1 aromatic rings. The molecule has 1 aromatic carbocycles. The van der Waals surface area contributed by atoms with Crippen molar-refractivity contribution in [1.82, 2.24) is 9.21 Å². The second-order valence-corrected chi connectivity index (χ2v) is 10.0. The Morgan fingerprint density at radius 3 is 2.28 bits per heavy atom. The van der Waals surface area contributed by atoms with Crippen LogP contribution in [0.15, 0.2) is 23.1 Å². The van der Waals surface area contributed by atoms with E-state index in [2.05, 4.69) is 0 Å². The van der Waals surface area contributed by atoms with Crippen molar-refractivity contribution >= 4 is 15.9 Å². The van der Waals surface area contributed by atoms with Gasteiger partial charge < -0.3 is 4.90 Å². The largest absolute Gasteiger partial charge is 0.393 e. The van der Waals surface area contributed by atoms with E-state index >= 15 is 0 Å². The maximum absolute atomic E-state index is 13.0. The number of carbonyl (C=O) groups excluding carboxylic acids is 1. The molecule has 0 aliphatic carbocycles. The summed E-state index contributed by atoms with van der Waals surface area (Å²) in [6, 6.07) is 5.00. The molecule has 1 atom stereocenters. The molecule has 0 aromatic heterocycles. The number of halogens is 3. The fraction of sp³-hybridized carbons (Fsp3) is 0.650. The van der Waals surface area contributed by atoms with E-state index in [-0.39, 0.29) is 36.9 Å². The molecule has 1 unspecified atom stereocenters. The Morgan fingerprint density at radius 2 is 1.69 bits per heavy atom. The molecule has 2 saturated heterocycles. The Hall–Kier alpha value is -1.61. The summed E-state index contributed by atoms with van der Waals surface area (Å²) in [5, 5.41) is 0. The lowest BCUT2D eigenvalue weighted by Crippen LogP contribution is -2.49. The quantitative estimate of drug-likeness (QED) is 0.735. The summed E-state index contributed by atoms with van der Waals surface area (Å²) < 4.78 is 66.2. The van der Waals surface area contributed by atoms with Gasteiger partial charge in [0.15, 0.2) is 0 Å². The zero-order valence-corrected chi connectivity index (χ0v) is 17.5. The molecule has 0 bridgehead atoms. The predicted molar refractivity (Wildman–Crippen MR) is 103 cm³/mol. The number of sulfonamides is 1. The minimum Gasteiger partial charge on any atom is -0.342 e. The van der Waals surface area contributed by atoms with Crippen molar-refractivity contribution < 1.29 is 26.4 Å². The Bertz CT molecular complexity index is 862. The first kappa shape index (κ1) is 22.1. The number of amides is 1. The van der Waals surface area contributed by atoms with Crippen LogP contribution in [-0.2, 0) is 14.8 Å². The van der Waals surface area contributed by atoms with Crippen LogP contribution in [0.3, 0.4) is 0 Å². The van der Waals surface area contributed by atoms with Gasteiger partial charge in [0.2, 0.25) is 15.9 Å². The van der Waals surface area contributed by atoms with Crippen LogP contribution in [0.25, 0.3) is 0 Å². The molecule has 1 amide bonds. The first-order valence-electron chi connectivity index (χ1n) is 9.93. The molecule has 5 nitrogen and oxygen atoms in total. The van der Waals surface area contributed by atoms with Gasteiger partial charge in [-0.05, 0) is 62.8 Å². The average molecular weight is 433 g/mol. The number of hydrogen-bond acceptors (Lipinski definition) is 3. The monoisotopic (exact) mass is 432 g/mol. The number of benzene rings is 1. The highest BCUT2D eigenvalue weighted by atomic mass is 32.2. The summed E-state index contributed by atoms with van der Waals surface area (Å²) in [7, 11) is -3.64. The van der Waals surface area contributed by atoms with Gasteiger partial charge in [0.05, 0.1) is 10.8 Å². The molecule has 0 radical (unpaired) electrons. The number of nitrogens with zero attached hydrogens (tertiary/aromatic N) is 2. The Kier molecular flexibility index (Phi) is 6.29. The predicted octanol–water partition coefficient (Wildman–Crippen LogP) is 3.51. The highest BCUT2D eigenvalue weighted by Crippen LogP contribution is 2.34. The van der Waals surface area contributed by atoms with E-state index in [1.807, 2.05) is 13.8 Å². The molecule has 2 fully saturated rings. The van der Waals surface area contributed by atoms with Gasteiger partial charge in [0, 0.05) is 32.1 Å². The van der Waals surface area contributed by atoms with Crippen LogP contribution >= 0.6 is 0 Å². The van der Waals surface area contributed by atoms with Crippen molar-refractivity contribution in [1.29, 1.82) is 0 Å². The third-order valence-corrected chi connectivity index (χ3v) is 8.01. The van der Waals surface area contributed by atoms with Gasteiger partial charge in [0.25, 0.3) is 0 Å². The number of aryl methyl sites for hydroxylation is 2. The second-order valence-electron chi connectivity index (χ2n) is 8.09. The van der Waals surface area contributed by atoms with E-state index in [0.717, 1.165) is 11.1 Å². The van der Waals surface area contributed by atoms with Crippen LogP contribution in [0.1, 0.15) is 36.8 Å². The summed E-state index contributed by atoms with van der Waals surface area (Å²) in [6.07, 6.45) is -3.23. The van der Waals surface area contributed by atoms with Gasteiger partial charge in [0.1, 0.15) is 0 Å². The number of hydrogen-bond donors (Lipinski definition) is 0. The third kappa shape index (κ3) is 4.77. The van der Waals surface area contributed by atoms with E-state index in [1.54, 1.807) is 18.2 Å². The lowest BCUT2D eigenvalue weighted by Gasteiger charge is -2.38. The first-order chi connectivity index (χ1) is 13.5. The highest BCUT2D eigenvalue weighted by molar-refractivity contribution is 7.89. The molecular weight excluding hydrogens is 405 g/mol. The van der Waals surface area contributed by atoms with Gasteiger partial charge >= 0.3 is 6.18 Å². The fourth-order valence-corrected chi connectivity index (χ4v) is 5.62. The molecule has 29 heavy (non-hydrogen) atoms. The molecule has 162 valence electrons. The average Bonchev–Trinajstić information content (AvgIpc) is 2.69. The number of carbonyl (C=O) groups is 1. The van der Waals surface area contributed by atoms with E-state index in [1.165, 1.54) is 9.21 Å². The van der Waals surface area contributed by atoms with Crippen molar-refractivity contribution in [3.05, 3.63) is 29.3 Å². The summed E-state index contributed by atoms with van der Waals surface area (Å²) in [5.41, 5.74) is 1.90. The molecule has 2 aliphatic heterocycles. The molecule has 2 heterocycles. The molecule has 0 spiro atoms. The van der Waals surface area contributed by atoms with Crippen molar-refractivity contribution in [3.63, 3.8) is 0 Å². The van der Waals surface area contributed by atoms with Gasteiger partial charge in [-0.2, -0.15) is 17.5 Å². The maximum atomic E-state index is 13.0. The molecule has 3 rings (SSSR count). The van der Waals surface area contributed by atoms with Gasteiger partial charge in [-0.25, -0.2) is 8.42 Å². The van der Waals surface area contributed by atoms with Gasteiger partial charge in [-0.1, -0.05) is 6.07 Å². The van der Waals surface area contributed by atoms with Crippen LogP contribution in [0, 0.1) is 25.7 Å². The summed E-state index contributed by atoms with van der Waals surface area (Å²) in [5.74, 6) is -2.17. The van der Waals surface area contributed by atoms with Crippen LogP contribution in [0.4, 0.5) is 13.2 Å². The van der Waals surface area contributed by atoms with E-state index in [9.17, 15) is 26.4 Å². The van der Waals surface area contributed by atoms with Gasteiger partial charge in [-0.3, -0.25) is 4.79 Å². The standard InChI is InChI=1S/C20H27F3N2O3S/c1-14-5-6-18(12-15(14)2)29(27,28)25-10-7-16(8-11-25)19(26)24-9-3-4-17(13-24)20(21,22)23/h5-6,12,16-17H,3-4,7-11,13H2,1-2H3. The maximum Gasteiger partial charge on any atom is 0.393 e. The molecule has 9 heteroatoms. The fourth-order valence-electron chi connectivity index (χ4n) is 4.07. The van der Waals surface area contributed by atoms with Crippen molar-refractivity contribution in [2.75, 3.05) is 26.2 Å². The smallest absolute Gasteiger partial charge is 0.342 e. The highest BCUT2D eigenvalue weighted by Gasteiger charge is 2.44. The topological polar surface area (TPSA) is 57.7 Å². The third-order valence-electron chi connectivity index (χ3n) is 6.12. The first-order valence-corrected chi connectivity index (χ1v) is 11.4. The summed E-state index contributed by atoms with van der Waals surface area (Å²) >= 11 is 0. The van der Waals surface area contributed by atoms with Crippen molar-refractivity contribution in [2.24, 2.45) is 11.8 Å². The van der Waals surface area contributed by atoms with E-state index in [4.69, 9.17) is 0 Å². The molecule has 2 aliphatic rings. The number of rotatable bonds is 3. The second kappa shape index (κ2) is 8.26. The molecular formula is C20H27F3N2O3S. The zero-order valence-electron chi connectivity index (χ0n) is 16.7. The number of alkyl halides is 3. The Morgan fingerprint density at radius 1 is 1.03 bits per heavy atom. The Labute approximate surface area is 169 Å². The van der Waals surface area contributed by atoms with Crippen LogP contribution in [0.2, 0.25) is 0 Å². The Balaban J connectivity index is 1.62. The SMILES string of the molecule is Cc1ccc(S(=O)(=O)N2CCC(C(=O)N3CCCC(C(F)(F)F)C3)CC2)cc1C. The van der Waals surface area contributed by atoms with E-state index < -0.39 is 28.0 Å². The molecule has 0 saturated carbocycles. The summed E-state index contributed by atoms with van der Waals surface area (Å²) in [6.45, 7) is 4.21. The van der Waals surface area contributed by atoms with Crippen molar-refractivity contribution in [2.45, 2.75) is 50.6 Å². The van der Waals surface area contributed by atoms with Crippen LogP contribution < -0.4 is 0 Å². The number of piperidine rings is 2. The minimum absolute atomic E-state index is 0.0555. The minimum atomic E-state index is -4.29. The number of likely N-dealkylation sites (tertiary alicyclic amines) is 1. The van der Waals surface area contributed by atoms with Crippen LogP contribution in [0.5, 0.6) is 0 Å². The lowest BCUT2D eigenvalue weighted by atomic mass is 9.92. The lowest BCUT2D eigenvalue weighted by molar-refractivity contribution is -0.188. The van der Waals surface area contributed by atoms with Gasteiger partial charge in [-0.15, -0.1) is 0 Å². The van der Waals surface area contributed by atoms with Crippen molar-refractivity contribution in [3.8, 4) is 0 Å². The van der Waals surface area contributed by atoms with Crippen LogP contribution in [-0.4, -0.2) is 55.9 Å². The normalized spacial score (nSPS) is 22.7. The zero-order chi connectivity index (χ0) is 21.4. The molecule has 0 N–H and O–H groups in total. The van der Waals surface area contributed by atoms with E-state index in [0.29, 0.717) is 25.8 Å². The summed E-state index contributed by atoms with van der Waals surface area (Å²) in [4.78, 5) is 14.3.